The molecular formula is C28H25N3O3S. The van der Waals surface area contributed by atoms with Gasteiger partial charge in [-0.3, -0.25) is 9.59 Å². The zero-order chi connectivity index (χ0) is 24.9. The quantitative estimate of drug-likeness (QED) is 0.227. The summed E-state index contributed by atoms with van der Waals surface area (Å²) in [6, 6.07) is 27.8. The van der Waals surface area contributed by atoms with Crippen LogP contribution in [0, 0.1) is 0 Å². The number of anilines is 1. The van der Waals surface area contributed by atoms with E-state index in [9.17, 15) is 4.79 Å². The van der Waals surface area contributed by atoms with Gasteiger partial charge in [-0.15, -0.1) is 0 Å². The lowest BCUT2D eigenvalue weighted by atomic mass is 9.87. The molecule has 0 saturated heterocycles. The number of aliphatic carboxylic acids is 1. The predicted molar refractivity (Wildman–Crippen MR) is 144 cm³/mol. The number of carbonyl (C=O) groups is 2. The second-order valence-corrected chi connectivity index (χ2v) is 8.55. The molecule has 0 aromatic heterocycles. The highest BCUT2D eigenvalue weighted by Gasteiger charge is 2.32. The average Bonchev–Trinajstić information content (AvgIpc) is 2.82. The Bertz CT molecular complexity index is 1410. The fourth-order valence-corrected chi connectivity index (χ4v) is 4.56. The van der Waals surface area contributed by atoms with Crippen molar-refractivity contribution in [3.05, 3.63) is 102 Å². The van der Waals surface area contributed by atoms with Crippen LogP contribution in [-0.2, 0) is 9.59 Å². The molecule has 176 valence electrons. The molecule has 0 radical (unpaired) electrons. The third kappa shape index (κ3) is 5.31. The van der Waals surface area contributed by atoms with Crippen molar-refractivity contribution in [2.45, 2.75) is 19.9 Å². The van der Waals surface area contributed by atoms with Crippen molar-refractivity contribution in [3.8, 4) is 0 Å². The largest absolute Gasteiger partial charge is 0.481 e. The lowest BCUT2D eigenvalue weighted by Crippen LogP contribution is -2.45. The number of benzene rings is 4. The number of allylic oxidation sites excluding steroid dienone is 1. The van der Waals surface area contributed by atoms with Crippen molar-refractivity contribution >= 4 is 56.4 Å². The van der Waals surface area contributed by atoms with Crippen LogP contribution in [0.15, 0.2) is 96.2 Å². The van der Waals surface area contributed by atoms with Crippen LogP contribution in [0.25, 0.3) is 21.5 Å². The first-order valence-corrected chi connectivity index (χ1v) is 11.5. The fourth-order valence-electron chi connectivity index (χ4n) is 4.29. The molecule has 1 aliphatic rings. The van der Waals surface area contributed by atoms with Crippen LogP contribution < -0.4 is 16.0 Å². The summed E-state index contributed by atoms with van der Waals surface area (Å²) in [7, 11) is 0. The van der Waals surface area contributed by atoms with Crippen LogP contribution in [0.2, 0.25) is 0 Å². The Kier molecular flexibility index (Phi) is 7.08. The molecule has 1 atom stereocenters. The molecule has 4 aromatic rings. The number of amides is 1. The van der Waals surface area contributed by atoms with Gasteiger partial charge in [0.1, 0.15) is 0 Å². The number of carboxylic acids is 1. The second kappa shape index (κ2) is 10.4. The summed E-state index contributed by atoms with van der Waals surface area (Å²) in [5.41, 5.74) is 3.18. The van der Waals surface area contributed by atoms with Gasteiger partial charge in [0, 0.05) is 18.3 Å². The van der Waals surface area contributed by atoms with E-state index in [0.717, 1.165) is 45.4 Å². The van der Waals surface area contributed by atoms with Crippen LogP contribution in [-0.4, -0.2) is 22.1 Å². The van der Waals surface area contributed by atoms with E-state index in [-0.39, 0.29) is 11.9 Å². The van der Waals surface area contributed by atoms with Gasteiger partial charge >= 0.3 is 0 Å². The molecule has 5 rings (SSSR count). The molecule has 4 N–H and O–H groups in total. The maximum atomic E-state index is 13.4. The van der Waals surface area contributed by atoms with Gasteiger partial charge in [-0.05, 0) is 64.4 Å². The lowest BCUT2D eigenvalue weighted by molar-refractivity contribution is -0.134. The maximum absolute atomic E-state index is 13.4. The van der Waals surface area contributed by atoms with E-state index in [2.05, 4.69) is 46.3 Å². The molecule has 7 heteroatoms. The summed E-state index contributed by atoms with van der Waals surface area (Å²) < 4.78 is 0. The van der Waals surface area contributed by atoms with Gasteiger partial charge in [0.15, 0.2) is 5.11 Å². The molecule has 0 aliphatic carbocycles. The molecule has 1 heterocycles. The Labute approximate surface area is 208 Å². The number of rotatable bonds is 3. The number of hydrogen-bond acceptors (Lipinski definition) is 3. The Morgan fingerprint density at radius 3 is 1.97 bits per heavy atom. The highest BCUT2D eigenvalue weighted by Crippen LogP contribution is 2.38. The van der Waals surface area contributed by atoms with Crippen LogP contribution in [0.5, 0.6) is 0 Å². The fraction of sp³-hybridized carbons (Fsp3) is 0.107. The van der Waals surface area contributed by atoms with Gasteiger partial charge in [-0.1, -0.05) is 66.7 Å². The van der Waals surface area contributed by atoms with Gasteiger partial charge in [0.25, 0.3) is 11.9 Å². The molecule has 35 heavy (non-hydrogen) atoms. The molecule has 4 aromatic carbocycles. The smallest absolute Gasteiger partial charge is 0.300 e. The molecule has 1 amide bonds. The summed E-state index contributed by atoms with van der Waals surface area (Å²) in [5, 5.41) is 21.9. The first-order chi connectivity index (χ1) is 16.8. The lowest BCUT2D eigenvalue weighted by Gasteiger charge is -2.32. The Morgan fingerprint density at radius 1 is 0.886 bits per heavy atom. The van der Waals surface area contributed by atoms with Gasteiger partial charge in [-0.2, -0.15) is 0 Å². The van der Waals surface area contributed by atoms with Crippen molar-refractivity contribution in [3.63, 3.8) is 0 Å². The zero-order valence-electron chi connectivity index (χ0n) is 19.3. The summed E-state index contributed by atoms with van der Waals surface area (Å²) in [5.74, 6) is -0.992. The van der Waals surface area contributed by atoms with Crippen molar-refractivity contribution in [2.75, 3.05) is 5.32 Å². The van der Waals surface area contributed by atoms with Crippen molar-refractivity contribution in [1.82, 2.24) is 10.6 Å². The molecule has 0 fully saturated rings. The molecule has 0 spiro atoms. The zero-order valence-corrected chi connectivity index (χ0v) is 20.1. The minimum Gasteiger partial charge on any atom is -0.481 e. The summed E-state index contributed by atoms with van der Waals surface area (Å²) in [6.45, 7) is 2.98. The minimum absolute atomic E-state index is 0.159. The van der Waals surface area contributed by atoms with Crippen LogP contribution in [0.1, 0.15) is 25.5 Å². The van der Waals surface area contributed by atoms with Crippen LogP contribution in [0.4, 0.5) is 5.69 Å². The Hall–Kier alpha value is -4.23. The van der Waals surface area contributed by atoms with E-state index in [0.29, 0.717) is 10.7 Å². The predicted octanol–water partition coefficient (Wildman–Crippen LogP) is 5.52. The molecule has 0 bridgehead atoms. The number of carboxylic acid groups (broad SMARTS) is 1. The first-order valence-electron chi connectivity index (χ1n) is 11.1. The standard InChI is InChI=1S/C26H21N3OS.C2H4O2/c1-16-22(25(30)28-19-11-3-2-4-12-19)24(29-26(31)27-16)23-20-13-7-5-9-17(20)15-18-10-6-8-14-21(18)23;1-2(3)4/h2-15,24H,1H3,(H,28,30)(H2,27,29,31);1H3,(H,3,4). The number of para-hydroxylation sites is 1. The molecule has 6 nitrogen and oxygen atoms in total. The highest BCUT2D eigenvalue weighted by molar-refractivity contribution is 7.80. The van der Waals surface area contributed by atoms with Crippen molar-refractivity contribution in [2.24, 2.45) is 0 Å². The van der Waals surface area contributed by atoms with E-state index in [1.165, 1.54) is 0 Å². The first kappa shape index (κ1) is 23.9. The minimum atomic E-state index is -0.833. The molecule has 1 unspecified atom stereocenters. The van der Waals surface area contributed by atoms with Gasteiger partial charge in [0.2, 0.25) is 0 Å². The van der Waals surface area contributed by atoms with Crippen molar-refractivity contribution < 1.29 is 14.7 Å². The van der Waals surface area contributed by atoms with Crippen LogP contribution in [0.3, 0.4) is 0 Å². The second-order valence-electron chi connectivity index (χ2n) is 8.14. The number of carbonyl (C=O) groups excluding carboxylic acids is 1. The van der Waals surface area contributed by atoms with E-state index >= 15 is 0 Å². The number of fused-ring (bicyclic) bond motifs is 2. The van der Waals surface area contributed by atoms with Gasteiger partial charge < -0.3 is 21.1 Å². The highest BCUT2D eigenvalue weighted by atomic mass is 32.1. The van der Waals surface area contributed by atoms with E-state index in [4.69, 9.17) is 22.1 Å². The Morgan fingerprint density at radius 2 is 1.40 bits per heavy atom. The van der Waals surface area contributed by atoms with Crippen molar-refractivity contribution in [1.29, 1.82) is 0 Å². The monoisotopic (exact) mass is 483 g/mol. The molecular weight excluding hydrogens is 458 g/mol. The summed E-state index contributed by atoms with van der Waals surface area (Å²) in [4.78, 5) is 22.4. The van der Waals surface area contributed by atoms with E-state index in [1.54, 1.807) is 0 Å². The topological polar surface area (TPSA) is 90.5 Å². The summed E-state index contributed by atoms with van der Waals surface area (Å²) >= 11 is 5.49. The number of nitrogens with one attached hydrogen (secondary N) is 3. The van der Waals surface area contributed by atoms with E-state index in [1.807, 2.05) is 61.5 Å². The third-order valence-electron chi connectivity index (χ3n) is 5.65. The van der Waals surface area contributed by atoms with Gasteiger partial charge in [-0.25, -0.2) is 0 Å². The van der Waals surface area contributed by atoms with E-state index < -0.39 is 5.97 Å². The SMILES string of the molecule is CC(=O)O.CC1=C(C(=O)Nc2ccccc2)C(c2c3ccccc3cc3ccccc23)NC(=S)N1. The van der Waals surface area contributed by atoms with Gasteiger partial charge in [0.05, 0.1) is 11.6 Å². The summed E-state index contributed by atoms with van der Waals surface area (Å²) in [6.07, 6.45) is 0. The normalized spacial score (nSPS) is 15.0. The Balaban J connectivity index is 0.000000672. The third-order valence-corrected chi connectivity index (χ3v) is 5.87. The van der Waals surface area contributed by atoms with Crippen LogP contribution >= 0.6 is 12.2 Å². The number of thiocarbonyl (C=S) groups is 1. The molecule has 1 aliphatic heterocycles. The maximum Gasteiger partial charge on any atom is 0.300 e. The average molecular weight is 484 g/mol. The number of hydrogen-bond donors (Lipinski definition) is 4. The molecule has 0 saturated carbocycles.